The molecule has 2 aromatic carbocycles. The summed E-state index contributed by atoms with van der Waals surface area (Å²) in [6.45, 7) is 4.06. The van der Waals surface area contributed by atoms with Gasteiger partial charge >= 0.3 is 0 Å². The fourth-order valence-electron chi connectivity index (χ4n) is 2.88. The van der Waals surface area contributed by atoms with Gasteiger partial charge in [0.15, 0.2) is 11.0 Å². The first-order valence-corrected chi connectivity index (χ1v) is 12.4. The summed E-state index contributed by atoms with van der Waals surface area (Å²) >= 11 is 1.24. The average Bonchev–Trinajstić information content (AvgIpc) is 3.06. The second-order valence-corrected chi connectivity index (χ2v) is 10.0. The van der Waals surface area contributed by atoms with E-state index in [0.717, 1.165) is 23.1 Å². The molecular weight excluding hydrogens is 434 g/mol. The maximum atomic E-state index is 12.3. The standard InChI is InChI=1S/C21H25N5O3S2/c1-15-10-11-17(12-16(15)2)22-20(27)14-30-21-24-23-19(25(21)3)13-26(31(4,28)29)18-8-6-5-7-9-18/h5-12H,13-14H2,1-4H3,(H,22,27). The minimum Gasteiger partial charge on any atom is -0.325 e. The van der Waals surface area contributed by atoms with Crippen molar-refractivity contribution in [3.05, 3.63) is 65.5 Å². The SMILES string of the molecule is Cc1ccc(NC(=O)CSc2nnc(CN(c3ccccc3)S(C)(=O)=O)n2C)cc1C. The van der Waals surface area contributed by atoms with Crippen molar-refractivity contribution in [3.63, 3.8) is 0 Å². The molecule has 0 aliphatic carbocycles. The largest absolute Gasteiger partial charge is 0.325 e. The molecule has 1 aromatic heterocycles. The molecule has 164 valence electrons. The Balaban J connectivity index is 1.66. The van der Waals surface area contributed by atoms with Gasteiger partial charge in [-0.05, 0) is 49.2 Å². The summed E-state index contributed by atoms with van der Waals surface area (Å²) in [5.74, 6) is 0.485. The number of amides is 1. The molecule has 0 aliphatic heterocycles. The zero-order chi connectivity index (χ0) is 22.6. The Hall–Kier alpha value is -2.85. The minimum atomic E-state index is -3.51. The Kier molecular flexibility index (Phi) is 7.01. The van der Waals surface area contributed by atoms with E-state index in [0.29, 0.717) is 16.7 Å². The zero-order valence-corrected chi connectivity index (χ0v) is 19.5. The summed E-state index contributed by atoms with van der Waals surface area (Å²) in [5.41, 5.74) is 3.57. The number of nitrogens with one attached hydrogen (secondary N) is 1. The second-order valence-electron chi connectivity index (χ2n) is 7.20. The van der Waals surface area contributed by atoms with Crippen LogP contribution in [-0.4, -0.2) is 41.1 Å². The topological polar surface area (TPSA) is 97.2 Å². The summed E-state index contributed by atoms with van der Waals surface area (Å²) in [5, 5.41) is 11.7. The van der Waals surface area contributed by atoms with Crippen LogP contribution < -0.4 is 9.62 Å². The number of para-hydroxylation sites is 1. The van der Waals surface area contributed by atoms with E-state index in [1.807, 2.05) is 38.1 Å². The number of aromatic nitrogens is 3. The lowest BCUT2D eigenvalue weighted by Crippen LogP contribution is -2.30. The number of thioether (sulfide) groups is 1. The molecule has 31 heavy (non-hydrogen) atoms. The van der Waals surface area contributed by atoms with Crippen LogP contribution in [0.15, 0.2) is 53.7 Å². The molecule has 8 nitrogen and oxygen atoms in total. The molecular formula is C21H25N5O3S2. The van der Waals surface area contributed by atoms with Gasteiger partial charge in [0.05, 0.1) is 24.2 Å². The van der Waals surface area contributed by atoms with Gasteiger partial charge in [0.25, 0.3) is 0 Å². The van der Waals surface area contributed by atoms with E-state index >= 15 is 0 Å². The van der Waals surface area contributed by atoms with Crippen LogP contribution in [0.25, 0.3) is 0 Å². The summed E-state index contributed by atoms with van der Waals surface area (Å²) in [6.07, 6.45) is 1.16. The first-order chi connectivity index (χ1) is 14.6. The fraction of sp³-hybridized carbons (Fsp3) is 0.286. The number of sulfonamides is 1. The van der Waals surface area contributed by atoms with Crippen molar-refractivity contribution in [2.24, 2.45) is 7.05 Å². The van der Waals surface area contributed by atoms with Gasteiger partial charge in [0.2, 0.25) is 15.9 Å². The van der Waals surface area contributed by atoms with Crippen LogP contribution in [0.2, 0.25) is 0 Å². The highest BCUT2D eigenvalue weighted by Gasteiger charge is 2.21. The summed E-state index contributed by atoms with van der Waals surface area (Å²) in [6, 6.07) is 14.6. The molecule has 0 saturated carbocycles. The van der Waals surface area contributed by atoms with E-state index in [-0.39, 0.29) is 18.2 Å². The number of carbonyl (C=O) groups is 1. The van der Waals surface area contributed by atoms with Crippen molar-refractivity contribution in [1.29, 1.82) is 0 Å². The Bertz CT molecular complexity index is 1180. The van der Waals surface area contributed by atoms with Gasteiger partial charge in [-0.2, -0.15) is 0 Å². The molecule has 0 atom stereocenters. The third-order valence-corrected chi connectivity index (χ3v) is 6.94. The predicted octanol–water partition coefficient (Wildman–Crippen LogP) is 3.13. The Morgan fingerprint density at radius 3 is 2.45 bits per heavy atom. The number of carbonyl (C=O) groups excluding carboxylic acids is 1. The van der Waals surface area contributed by atoms with Crippen LogP contribution in [0.4, 0.5) is 11.4 Å². The molecule has 0 fully saturated rings. The number of hydrogen-bond donors (Lipinski definition) is 1. The van der Waals surface area contributed by atoms with E-state index in [4.69, 9.17) is 0 Å². The maximum absolute atomic E-state index is 12.3. The molecule has 1 amide bonds. The summed E-state index contributed by atoms with van der Waals surface area (Å²) in [4.78, 5) is 12.3. The molecule has 0 aliphatic rings. The van der Waals surface area contributed by atoms with Crippen molar-refractivity contribution >= 4 is 39.1 Å². The van der Waals surface area contributed by atoms with Gasteiger partial charge in [-0.25, -0.2) is 8.42 Å². The minimum absolute atomic E-state index is 0.0434. The molecule has 0 saturated heterocycles. The third kappa shape index (κ3) is 5.86. The molecule has 3 aromatic rings. The van der Waals surface area contributed by atoms with Crippen molar-refractivity contribution in [3.8, 4) is 0 Å². The predicted molar refractivity (Wildman–Crippen MR) is 124 cm³/mol. The fourth-order valence-corrected chi connectivity index (χ4v) is 4.46. The number of aryl methyl sites for hydroxylation is 2. The molecule has 10 heteroatoms. The van der Waals surface area contributed by atoms with E-state index in [1.165, 1.54) is 16.1 Å². The summed E-state index contributed by atoms with van der Waals surface area (Å²) < 4.78 is 27.6. The van der Waals surface area contributed by atoms with E-state index in [9.17, 15) is 13.2 Å². The van der Waals surface area contributed by atoms with Crippen LogP contribution in [0.1, 0.15) is 17.0 Å². The lowest BCUT2D eigenvalue weighted by atomic mass is 10.1. The number of hydrogen-bond acceptors (Lipinski definition) is 6. The molecule has 1 heterocycles. The Morgan fingerprint density at radius 2 is 1.81 bits per heavy atom. The molecule has 3 rings (SSSR count). The van der Waals surface area contributed by atoms with Crippen LogP contribution in [0.5, 0.6) is 0 Å². The Labute approximate surface area is 186 Å². The average molecular weight is 460 g/mol. The molecule has 0 radical (unpaired) electrons. The number of nitrogens with zero attached hydrogens (tertiary/aromatic N) is 4. The van der Waals surface area contributed by atoms with Crippen LogP contribution >= 0.6 is 11.8 Å². The highest BCUT2D eigenvalue weighted by atomic mass is 32.2. The highest BCUT2D eigenvalue weighted by Crippen LogP contribution is 2.22. The van der Waals surface area contributed by atoms with Gasteiger partial charge in [-0.1, -0.05) is 36.0 Å². The number of anilines is 2. The van der Waals surface area contributed by atoms with Gasteiger partial charge in [-0.3, -0.25) is 9.10 Å². The Morgan fingerprint density at radius 1 is 1.10 bits per heavy atom. The maximum Gasteiger partial charge on any atom is 0.234 e. The van der Waals surface area contributed by atoms with Crippen molar-refractivity contribution < 1.29 is 13.2 Å². The van der Waals surface area contributed by atoms with Gasteiger partial charge in [-0.15, -0.1) is 10.2 Å². The quantitative estimate of drug-likeness (QED) is 0.520. The number of rotatable bonds is 8. The van der Waals surface area contributed by atoms with Crippen LogP contribution in [0, 0.1) is 13.8 Å². The van der Waals surface area contributed by atoms with Crippen molar-refractivity contribution in [1.82, 2.24) is 14.8 Å². The van der Waals surface area contributed by atoms with Crippen LogP contribution in [-0.2, 0) is 28.4 Å². The highest BCUT2D eigenvalue weighted by molar-refractivity contribution is 7.99. The van der Waals surface area contributed by atoms with Crippen molar-refractivity contribution in [2.45, 2.75) is 25.5 Å². The lowest BCUT2D eigenvalue weighted by molar-refractivity contribution is -0.113. The van der Waals surface area contributed by atoms with E-state index in [2.05, 4.69) is 15.5 Å². The second kappa shape index (κ2) is 9.52. The zero-order valence-electron chi connectivity index (χ0n) is 17.9. The first kappa shape index (κ1) is 22.8. The monoisotopic (exact) mass is 459 g/mol. The van der Waals surface area contributed by atoms with Gasteiger partial charge < -0.3 is 9.88 Å². The molecule has 0 unspecified atom stereocenters. The molecule has 0 bridgehead atoms. The van der Waals surface area contributed by atoms with E-state index < -0.39 is 10.0 Å². The first-order valence-electron chi connectivity index (χ1n) is 9.56. The summed E-state index contributed by atoms with van der Waals surface area (Å²) in [7, 11) is -1.76. The normalized spacial score (nSPS) is 11.4. The third-order valence-electron chi connectivity index (χ3n) is 4.78. The number of benzene rings is 2. The van der Waals surface area contributed by atoms with Gasteiger partial charge in [0, 0.05) is 12.7 Å². The van der Waals surface area contributed by atoms with Crippen molar-refractivity contribution in [2.75, 3.05) is 21.6 Å². The van der Waals surface area contributed by atoms with Gasteiger partial charge in [0.1, 0.15) is 0 Å². The lowest BCUT2D eigenvalue weighted by Gasteiger charge is -2.21. The van der Waals surface area contributed by atoms with Crippen LogP contribution in [0.3, 0.4) is 0 Å². The van der Waals surface area contributed by atoms with E-state index in [1.54, 1.807) is 35.9 Å². The molecule has 0 spiro atoms. The molecule has 1 N–H and O–H groups in total. The smallest absolute Gasteiger partial charge is 0.234 e.